The number of nitrogens with zero attached hydrogens (tertiary/aromatic N) is 1. The van der Waals surface area contributed by atoms with Gasteiger partial charge < -0.3 is 5.32 Å². The van der Waals surface area contributed by atoms with E-state index in [0.717, 1.165) is 13.0 Å². The highest BCUT2D eigenvalue weighted by molar-refractivity contribution is 5.16. The minimum Gasteiger partial charge on any atom is -0.301 e. The normalized spacial score (nSPS) is 26.6. The van der Waals surface area contributed by atoms with Crippen LogP contribution in [0.1, 0.15) is 24.9 Å². The number of nitrogens with one attached hydrogen (secondary N) is 3. The Bertz CT molecular complexity index is 275. The largest absolute Gasteiger partial charge is 0.301 e. The first-order valence-electron chi connectivity index (χ1n) is 5.04. The minimum atomic E-state index is 0.373. The lowest BCUT2D eigenvalue weighted by Crippen LogP contribution is -2.40. The monoisotopic (exact) mass is 192 g/mol. The molecule has 76 valence electrons. The van der Waals surface area contributed by atoms with E-state index in [1.165, 1.54) is 5.56 Å². The maximum Gasteiger partial charge on any atom is 0.0722 e. The quantitative estimate of drug-likeness (QED) is 0.655. The summed E-state index contributed by atoms with van der Waals surface area (Å²) in [6.45, 7) is 3.10. The molecule has 1 aromatic heterocycles. The first kappa shape index (κ1) is 9.58. The zero-order valence-electron chi connectivity index (χ0n) is 8.33. The van der Waals surface area contributed by atoms with Crippen LogP contribution in [-0.2, 0) is 0 Å². The average molecular weight is 192 g/mol. The predicted octanol–water partition coefficient (Wildman–Crippen LogP) is 0.556. The van der Waals surface area contributed by atoms with Gasteiger partial charge in [0.05, 0.1) is 6.17 Å². The first-order chi connectivity index (χ1) is 6.90. The second-order valence-corrected chi connectivity index (χ2v) is 3.47. The summed E-state index contributed by atoms with van der Waals surface area (Å²) in [4.78, 5) is 4.01. The van der Waals surface area contributed by atoms with Crippen molar-refractivity contribution in [3.63, 3.8) is 0 Å². The fourth-order valence-corrected chi connectivity index (χ4v) is 1.75. The van der Waals surface area contributed by atoms with Crippen molar-refractivity contribution >= 4 is 0 Å². The van der Waals surface area contributed by atoms with Gasteiger partial charge in [0, 0.05) is 18.4 Å². The van der Waals surface area contributed by atoms with Crippen molar-refractivity contribution < 1.29 is 0 Å². The lowest BCUT2D eigenvalue weighted by molar-refractivity contribution is 0.470. The van der Waals surface area contributed by atoms with Crippen molar-refractivity contribution in [2.45, 2.75) is 25.6 Å². The molecule has 0 amide bonds. The Labute approximate surface area is 84.1 Å². The molecule has 0 radical (unpaired) electrons. The van der Waals surface area contributed by atoms with Gasteiger partial charge in [0.2, 0.25) is 0 Å². The van der Waals surface area contributed by atoms with Crippen LogP contribution in [0.3, 0.4) is 0 Å². The van der Waals surface area contributed by atoms with Crippen molar-refractivity contribution in [3.8, 4) is 0 Å². The molecule has 1 aliphatic rings. The molecule has 1 fully saturated rings. The Morgan fingerprint density at radius 2 is 2.21 bits per heavy atom. The molecular formula is C10H16N4. The van der Waals surface area contributed by atoms with Gasteiger partial charge >= 0.3 is 0 Å². The third-order valence-electron chi connectivity index (χ3n) is 2.46. The van der Waals surface area contributed by atoms with E-state index in [4.69, 9.17) is 0 Å². The van der Waals surface area contributed by atoms with Crippen LogP contribution >= 0.6 is 0 Å². The Balaban J connectivity index is 1.96. The van der Waals surface area contributed by atoms with Crippen LogP contribution in [0.25, 0.3) is 0 Å². The smallest absolute Gasteiger partial charge is 0.0722 e. The number of hydrogen-bond donors (Lipinski definition) is 3. The zero-order valence-corrected chi connectivity index (χ0v) is 8.33. The standard InChI is InChI=1S/C10H16N4/c1-2-12-10-7-9(13-14-10)8-3-5-11-6-4-8/h3-6,9-10,12-14H,2,7H2,1H3. The molecule has 0 aromatic carbocycles. The summed E-state index contributed by atoms with van der Waals surface area (Å²) in [5.41, 5.74) is 7.78. The van der Waals surface area contributed by atoms with E-state index in [2.05, 4.69) is 28.1 Å². The molecular weight excluding hydrogens is 176 g/mol. The summed E-state index contributed by atoms with van der Waals surface area (Å²) in [5, 5.41) is 3.35. The summed E-state index contributed by atoms with van der Waals surface area (Å²) in [6.07, 6.45) is 5.10. The molecule has 3 N–H and O–H groups in total. The molecule has 2 heterocycles. The highest BCUT2D eigenvalue weighted by atomic mass is 15.5. The lowest BCUT2D eigenvalue weighted by atomic mass is 10.1. The van der Waals surface area contributed by atoms with Gasteiger partial charge in [-0.05, 0) is 30.7 Å². The molecule has 14 heavy (non-hydrogen) atoms. The van der Waals surface area contributed by atoms with E-state index in [1.807, 2.05) is 24.5 Å². The van der Waals surface area contributed by atoms with Crippen LogP contribution in [-0.4, -0.2) is 17.7 Å². The van der Waals surface area contributed by atoms with E-state index in [-0.39, 0.29) is 0 Å². The van der Waals surface area contributed by atoms with Crippen LogP contribution in [0.2, 0.25) is 0 Å². The van der Waals surface area contributed by atoms with Gasteiger partial charge in [-0.15, -0.1) is 0 Å². The van der Waals surface area contributed by atoms with Crippen LogP contribution in [0.5, 0.6) is 0 Å². The third-order valence-corrected chi connectivity index (χ3v) is 2.46. The SMILES string of the molecule is CCNC1CC(c2ccncc2)NN1. The van der Waals surface area contributed by atoms with E-state index in [1.54, 1.807) is 0 Å². The zero-order chi connectivity index (χ0) is 9.80. The number of hydrogen-bond acceptors (Lipinski definition) is 4. The highest BCUT2D eigenvalue weighted by Gasteiger charge is 2.23. The van der Waals surface area contributed by atoms with E-state index < -0.39 is 0 Å². The lowest BCUT2D eigenvalue weighted by Gasteiger charge is -2.09. The second-order valence-electron chi connectivity index (χ2n) is 3.47. The van der Waals surface area contributed by atoms with Crippen LogP contribution in [0.4, 0.5) is 0 Å². The molecule has 0 spiro atoms. The van der Waals surface area contributed by atoms with Crippen LogP contribution in [0.15, 0.2) is 24.5 Å². The topological polar surface area (TPSA) is 49.0 Å². The molecule has 4 nitrogen and oxygen atoms in total. The van der Waals surface area contributed by atoms with Gasteiger partial charge in [0.15, 0.2) is 0 Å². The molecule has 1 saturated heterocycles. The van der Waals surface area contributed by atoms with Gasteiger partial charge in [-0.3, -0.25) is 4.98 Å². The van der Waals surface area contributed by atoms with Crippen LogP contribution < -0.4 is 16.2 Å². The van der Waals surface area contributed by atoms with Crippen molar-refractivity contribution in [1.29, 1.82) is 0 Å². The van der Waals surface area contributed by atoms with Gasteiger partial charge in [0.1, 0.15) is 0 Å². The first-order valence-corrected chi connectivity index (χ1v) is 5.04. The predicted molar refractivity (Wildman–Crippen MR) is 55.3 cm³/mol. The summed E-state index contributed by atoms with van der Waals surface area (Å²) in [7, 11) is 0. The highest BCUT2D eigenvalue weighted by Crippen LogP contribution is 2.19. The van der Waals surface area contributed by atoms with Crippen molar-refractivity contribution in [2.24, 2.45) is 0 Å². The van der Waals surface area contributed by atoms with Gasteiger partial charge in [0.25, 0.3) is 0 Å². The minimum absolute atomic E-state index is 0.373. The van der Waals surface area contributed by atoms with Gasteiger partial charge in [-0.2, -0.15) is 0 Å². The number of hydrazine groups is 1. The molecule has 2 unspecified atom stereocenters. The van der Waals surface area contributed by atoms with Crippen molar-refractivity contribution in [3.05, 3.63) is 30.1 Å². The average Bonchev–Trinajstić information content (AvgIpc) is 2.68. The van der Waals surface area contributed by atoms with E-state index >= 15 is 0 Å². The molecule has 2 atom stereocenters. The fraction of sp³-hybridized carbons (Fsp3) is 0.500. The van der Waals surface area contributed by atoms with Gasteiger partial charge in [-0.1, -0.05) is 6.92 Å². The maximum absolute atomic E-state index is 4.01. The summed E-state index contributed by atoms with van der Waals surface area (Å²) >= 11 is 0. The Hall–Kier alpha value is -0.970. The molecule has 0 saturated carbocycles. The summed E-state index contributed by atoms with van der Waals surface area (Å²) in [5.74, 6) is 0. The number of rotatable bonds is 3. The van der Waals surface area contributed by atoms with Crippen LogP contribution in [0, 0.1) is 0 Å². The molecule has 0 aliphatic carbocycles. The third kappa shape index (κ3) is 2.09. The molecule has 1 aromatic rings. The molecule has 2 rings (SSSR count). The Morgan fingerprint density at radius 3 is 2.93 bits per heavy atom. The number of aromatic nitrogens is 1. The van der Waals surface area contributed by atoms with E-state index in [0.29, 0.717) is 12.2 Å². The molecule has 4 heteroatoms. The summed E-state index contributed by atoms with van der Waals surface area (Å²) in [6, 6.07) is 4.49. The second kappa shape index (κ2) is 4.50. The maximum atomic E-state index is 4.01. The van der Waals surface area contributed by atoms with E-state index in [9.17, 15) is 0 Å². The number of pyridine rings is 1. The summed E-state index contributed by atoms with van der Waals surface area (Å²) < 4.78 is 0. The molecule has 0 bridgehead atoms. The Kier molecular flexibility index (Phi) is 3.08. The molecule has 1 aliphatic heterocycles. The van der Waals surface area contributed by atoms with Gasteiger partial charge in [-0.25, -0.2) is 10.9 Å². The van der Waals surface area contributed by atoms with Crippen molar-refractivity contribution in [1.82, 2.24) is 21.2 Å². The Morgan fingerprint density at radius 1 is 1.43 bits per heavy atom. The fourth-order valence-electron chi connectivity index (χ4n) is 1.75. The van der Waals surface area contributed by atoms with Crippen molar-refractivity contribution in [2.75, 3.05) is 6.54 Å².